The van der Waals surface area contributed by atoms with E-state index in [0.29, 0.717) is 25.2 Å². The Kier molecular flexibility index (Phi) is 4.13. The van der Waals surface area contributed by atoms with Crippen LogP contribution in [0.15, 0.2) is 43.0 Å². The van der Waals surface area contributed by atoms with E-state index in [9.17, 15) is 9.59 Å². The van der Waals surface area contributed by atoms with Crippen LogP contribution in [-0.2, 0) is 0 Å². The molecule has 0 aliphatic carbocycles. The molecule has 2 aliphatic rings. The van der Waals surface area contributed by atoms with E-state index in [0.717, 1.165) is 25.1 Å². The van der Waals surface area contributed by atoms with Gasteiger partial charge in [-0.15, -0.1) is 0 Å². The highest BCUT2D eigenvalue weighted by Crippen LogP contribution is 2.24. The fraction of sp³-hybridized carbons (Fsp3) is 0.389. The number of nitrogens with one attached hydrogen (secondary N) is 1. The van der Waals surface area contributed by atoms with E-state index in [1.165, 1.54) is 0 Å². The second kappa shape index (κ2) is 6.58. The molecular weight excluding hydrogens is 318 g/mol. The van der Waals surface area contributed by atoms with E-state index in [2.05, 4.69) is 14.9 Å². The highest BCUT2D eigenvalue weighted by molar-refractivity contribution is 5.98. The number of aromatic nitrogens is 2. The van der Waals surface area contributed by atoms with Crippen molar-refractivity contribution in [2.45, 2.75) is 18.9 Å². The summed E-state index contributed by atoms with van der Waals surface area (Å²) in [4.78, 5) is 32.5. The molecule has 1 aromatic heterocycles. The number of urea groups is 1. The third-order valence-corrected chi connectivity index (χ3v) is 4.89. The van der Waals surface area contributed by atoms with E-state index in [4.69, 9.17) is 0 Å². The van der Waals surface area contributed by atoms with Gasteiger partial charge in [-0.3, -0.25) is 9.69 Å². The zero-order valence-corrected chi connectivity index (χ0v) is 14.0. The quantitative estimate of drug-likeness (QED) is 0.928. The van der Waals surface area contributed by atoms with E-state index < -0.39 is 0 Å². The molecule has 7 nitrogen and oxygen atoms in total. The summed E-state index contributed by atoms with van der Waals surface area (Å²) in [5.74, 6) is 0.0197. The molecule has 4 rings (SSSR count). The van der Waals surface area contributed by atoms with Gasteiger partial charge in [0, 0.05) is 49.8 Å². The number of likely N-dealkylation sites (tertiary alicyclic amines) is 1. The molecule has 2 aromatic rings. The molecule has 3 amide bonds. The van der Waals surface area contributed by atoms with Crippen molar-refractivity contribution in [3.05, 3.63) is 48.5 Å². The van der Waals surface area contributed by atoms with E-state index in [-0.39, 0.29) is 18.0 Å². The number of nitrogens with zero attached hydrogens (tertiary/aromatic N) is 4. The molecule has 0 saturated carbocycles. The predicted octanol–water partition coefficient (Wildman–Crippen LogP) is 1.89. The molecule has 25 heavy (non-hydrogen) atoms. The molecule has 130 valence electrons. The van der Waals surface area contributed by atoms with Gasteiger partial charge in [0.1, 0.15) is 0 Å². The third kappa shape index (κ3) is 3.09. The number of imidazole rings is 1. The Bertz CT molecular complexity index is 774. The smallest absolute Gasteiger partial charge is 0.321 e. The first-order valence-corrected chi connectivity index (χ1v) is 8.64. The molecule has 2 saturated heterocycles. The Morgan fingerprint density at radius 2 is 2.20 bits per heavy atom. The molecule has 1 atom stereocenters. The predicted molar refractivity (Wildman–Crippen MR) is 93.6 cm³/mol. The summed E-state index contributed by atoms with van der Waals surface area (Å²) >= 11 is 0. The minimum atomic E-state index is -0.109. The standard InChI is InChI=1S/C18H21N5O2/c24-17(21-8-2-5-16(12-21)22-9-6-19-13-22)14-3-1-4-15(11-14)23-10-7-20-18(23)25/h1,3-4,6,9,11,13,16H,2,5,7-8,10,12H2,(H,20,25)/t16-/m1/s1. The van der Waals surface area contributed by atoms with Gasteiger partial charge in [0.05, 0.1) is 12.4 Å². The van der Waals surface area contributed by atoms with Gasteiger partial charge >= 0.3 is 6.03 Å². The zero-order chi connectivity index (χ0) is 17.2. The highest BCUT2D eigenvalue weighted by Gasteiger charge is 2.26. The van der Waals surface area contributed by atoms with Gasteiger partial charge in [0.25, 0.3) is 5.91 Å². The van der Waals surface area contributed by atoms with Gasteiger partial charge in [-0.05, 0) is 31.0 Å². The monoisotopic (exact) mass is 339 g/mol. The van der Waals surface area contributed by atoms with Crippen molar-refractivity contribution in [3.8, 4) is 0 Å². The number of rotatable bonds is 3. The van der Waals surface area contributed by atoms with Crippen LogP contribution in [0.3, 0.4) is 0 Å². The SMILES string of the molecule is O=C(c1cccc(N2CCNC2=O)c1)N1CCC[C@@H](n2ccnc2)C1. The molecule has 0 bridgehead atoms. The summed E-state index contributed by atoms with van der Waals surface area (Å²) in [6.07, 6.45) is 7.55. The lowest BCUT2D eigenvalue weighted by molar-refractivity contribution is 0.0679. The zero-order valence-electron chi connectivity index (χ0n) is 14.0. The molecule has 0 radical (unpaired) electrons. The summed E-state index contributed by atoms with van der Waals surface area (Å²) in [5, 5.41) is 2.78. The lowest BCUT2D eigenvalue weighted by Crippen LogP contribution is -2.40. The Morgan fingerprint density at radius 3 is 2.96 bits per heavy atom. The van der Waals surface area contributed by atoms with E-state index in [1.54, 1.807) is 11.1 Å². The molecule has 2 fully saturated rings. The van der Waals surface area contributed by atoms with Gasteiger partial charge in [-0.2, -0.15) is 0 Å². The summed E-state index contributed by atoms with van der Waals surface area (Å²) in [6.45, 7) is 2.71. The number of piperidine rings is 1. The second-order valence-electron chi connectivity index (χ2n) is 6.49. The molecule has 7 heteroatoms. The van der Waals surface area contributed by atoms with Crippen LogP contribution in [0.2, 0.25) is 0 Å². The maximum absolute atomic E-state index is 12.9. The van der Waals surface area contributed by atoms with Crippen LogP contribution in [0.25, 0.3) is 0 Å². The molecular formula is C18H21N5O2. The van der Waals surface area contributed by atoms with Gasteiger partial charge in [0.2, 0.25) is 0 Å². The van der Waals surface area contributed by atoms with Crippen LogP contribution in [0, 0.1) is 0 Å². The van der Waals surface area contributed by atoms with Crippen molar-refractivity contribution < 1.29 is 9.59 Å². The fourth-order valence-electron chi connectivity index (χ4n) is 3.58. The Morgan fingerprint density at radius 1 is 1.28 bits per heavy atom. The van der Waals surface area contributed by atoms with Gasteiger partial charge in [-0.25, -0.2) is 9.78 Å². The average molecular weight is 339 g/mol. The number of hydrogen-bond acceptors (Lipinski definition) is 3. The molecule has 1 N–H and O–H groups in total. The number of benzene rings is 1. The maximum atomic E-state index is 12.9. The number of carbonyl (C=O) groups is 2. The van der Waals surface area contributed by atoms with E-state index in [1.807, 2.05) is 41.7 Å². The average Bonchev–Trinajstić information content (AvgIpc) is 3.33. The summed E-state index contributed by atoms with van der Waals surface area (Å²) in [5.41, 5.74) is 1.40. The van der Waals surface area contributed by atoms with Crippen molar-refractivity contribution in [2.75, 3.05) is 31.1 Å². The summed E-state index contributed by atoms with van der Waals surface area (Å²) < 4.78 is 2.07. The van der Waals surface area contributed by atoms with Gasteiger partial charge < -0.3 is 14.8 Å². The second-order valence-corrected chi connectivity index (χ2v) is 6.49. The lowest BCUT2D eigenvalue weighted by Gasteiger charge is -2.33. The topological polar surface area (TPSA) is 70.5 Å². The molecule has 2 aliphatic heterocycles. The summed E-state index contributed by atoms with van der Waals surface area (Å²) in [7, 11) is 0. The molecule has 0 unspecified atom stereocenters. The van der Waals surface area contributed by atoms with Crippen molar-refractivity contribution in [1.82, 2.24) is 19.8 Å². The van der Waals surface area contributed by atoms with Crippen LogP contribution in [0.4, 0.5) is 10.5 Å². The molecule has 0 spiro atoms. The maximum Gasteiger partial charge on any atom is 0.321 e. The van der Waals surface area contributed by atoms with Crippen molar-refractivity contribution in [2.24, 2.45) is 0 Å². The number of carbonyl (C=O) groups excluding carboxylic acids is 2. The summed E-state index contributed by atoms with van der Waals surface area (Å²) in [6, 6.07) is 7.50. The van der Waals surface area contributed by atoms with Crippen LogP contribution < -0.4 is 10.2 Å². The van der Waals surface area contributed by atoms with Crippen molar-refractivity contribution in [3.63, 3.8) is 0 Å². The highest BCUT2D eigenvalue weighted by atomic mass is 16.2. The number of amides is 3. The van der Waals surface area contributed by atoms with Crippen LogP contribution in [-0.4, -0.2) is 52.6 Å². The minimum Gasteiger partial charge on any atom is -0.337 e. The van der Waals surface area contributed by atoms with Crippen LogP contribution in [0.1, 0.15) is 29.2 Å². The Labute approximate surface area is 146 Å². The Balaban J connectivity index is 1.51. The van der Waals surface area contributed by atoms with Crippen molar-refractivity contribution >= 4 is 17.6 Å². The van der Waals surface area contributed by atoms with Crippen molar-refractivity contribution in [1.29, 1.82) is 0 Å². The number of anilines is 1. The normalized spacial score (nSPS) is 20.6. The first kappa shape index (κ1) is 15.7. The van der Waals surface area contributed by atoms with Crippen LogP contribution in [0.5, 0.6) is 0 Å². The lowest BCUT2D eigenvalue weighted by atomic mass is 10.0. The van der Waals surface area contributed by atoms with Gasteiger partial charge in [-0.1, -0.05) is 6.07 Å². The molecule has 3 heterocycles. The molecule has 1 aromatic carbocycles. The fourth-order valence-corrected chi connectivity index (χ4v) is 3.58. The Hall–Kier alpha value is -2.83. The third-order valence-electron chi connectivity index (χ3n) is 4.89. The first-order valence-electron chi connectivity index (χ1n) is 8.64. The number of hydrogen-bond donors (Lipinski definition) is 1. The minimum absolute atomic E-state index is 0.0197. The largest absolute Gasteiger partial charge is 0.337 e. The van der Waals surface area contributed by atoms with E-state index >= 15 is 0 Å². The van der Waals surface area contributed by atoms with Gasteiger partial charge in [0.15, 0.2) is 0 Å². The van der Waals surface area contributed by atoms with Crippen LogP contribution >= 0.6 is 0 Å². The first-order chi connectivity index (χ1) is 12.2.